The van der Waals surface area contributed by atoms with Crippen molar-refractivity contribution in [3.63, 3.8) is 0 Å². The van der Waals surface area contributed by atoms with Crippen molar-refractivity contribution in [3.05, 3.63) is 71.3 Å². The quantitative estimate of drug-likeness (QED) is 0.889. The van der Waals surface area contributed by atoms with E-state index in [-0.39, 0.29) is 5.92 Å². The highest BCUT2D eigenvalue weighted by Gasteiger charge is 2.13. The fourth-order valence-electron chi connectivity index (χ4n) is 1.83. The van der Waals surface area contributed by atoms with Crippen molar-refractivity contribution >= 4 is 5.91 Å². The van der Waals surface area contributed by atoms with Crippen molar-refractivity contribution < 1.29 is 4.79 Å². The summed E-state index contributed by atoms with van der Waals surface area (Å²) in [5.74, 6) is -0.789. The normalized spacial score (nSPS) is 11.5. The smallest absolute Gasteiger partial charge is 0.248 e. The van der Waals surface area contributed by atoms with E-state index in [1.54, 1.807) is 24.3 Å². The molecule has 0 aromatic heterocycles. The van der Waals surface area contributed by atoms with E-state index in [9.17, 15) is 10.1 Å². The van der Waals surface area contributed by atoms with Gasteiger partial charge in [-0.15, -0.1) is 0 Å². The molecule has 2 aromatic carbocycles. The number of nitrogens with two attached hydrogens (primary N) is 1. The van der Waals surface area contributed by atoms with E-state index in [0.29, 0.717) is 5.56 Å². The first kappa shape index (κ1) is 11.9. The maximum absolute atomic E-state index is 11.0. The molecular weight excluding hydrogens is 224 g/mol. The Kier molecular flexibility index (Phi) is 3.40. The lowest BCUT2D eigenvalue weighted by atomic mass is 9.92. The first-order valence-electron chi connectivity index (χ1n) is 5.56. The lowest BCUT2D eigenvalue weighted by Crippen LogP contribution is -2.10. The van der Waals surface area contributed by atoms with E-state index in [1.807, 2.05) is 30.3 Å². The Morgan fingerprint density at radius 3 is 2.06 bits per heavy atom. The number of amides is 1. The molecule has 0 radical (unpaired) electrons. The molecule has 3 heteroatoms. The van der Waals surface area contributed by atoms with Crippen LogP contribution in [0.1, 0.15) is 27.4 Å². The third-order valence-corrected chi connectivity index (χ3v) is 2.79. The topological polar surface area (TPSA) is 66.9 Å². The van der Waals surface area contributed by atoms with Crippen LogP contribution in [0, 0.1) is 11.3 Å². The predicted molar refractivity (Wildman–Crippen MR) is 68.9 cm³/mol. The number of primary amides is 1. The molecule has 0 bridgehead atoms. The van der Waals surface area contributed by atoms with Gasteiger partial charge in [0.1, 0.15) is 0 Å². The number of hydrogen-bond donors (Lipinski definition) is 1. The van der Waals surface area contributed by atoms with Crippen molar-refractivity contribution in [1.29, 1.82) is 5.26 Å². The van der Waals surface area contributed by atoms with Crippen molar-refractivity contribution in [3.8, 4) is 6.07 Å². The summed E-state index contributed by atoms with van der Waals surface area (Å²) in [6.07, 6.45) is 0. The summed E-state index contributed by atoms with van der Waals surface area (Å²) in [6.45, 7) is 0. The summed E-state index contributed by atoms with van der Waals surface area (Å²) in [6, 6.07) is 18.6. The molecule has 0 spiro atoms. The molecular formula is C15H12N2O. The van der Waals surface area contributed by atoms with Gasteiger partial charge in [0.05, 0.1) is 12.0 Å². The zero-order chi connectivity index (χ0) is 13.0. The van der Waals surface area contributed by atoms with Crippen LogP contribution in [-0.2, 0) is 0 Å². The second kappa shape index (κ2) is 5.15. The fraction of sp³-hybridized carbons (Fsp3) is 0.0667. The Morgan fingerprint density at radius 1 is 1.00 bits per heavy atom. The standard InChI is InChI=1S/C15H12N2O/c16-10-14(11-4-2-1-3-5-11)12-6-8-13(9-7-12)15(17)18/h1-9,14H,(H2,17,18). The van der Waals surface area contributed by atoms with E-state index >= 15 is 0 Å². The molecule has 2 rings (SSSR count). The summed E-state index contributed by atoms with van der Waals surface area (Å²) >= 11 is 0. The van der Waals surface area contributed by atoms with Gasteiger partial charge in [-0.05, 0) is 23.3 Å². The van der Waals surface area contributed by atoms with Gasteiger partial charge in [0.2, 0.25) is 5.91 Å². The van der Waals surface area contributed by atoms with E-state index in [4.69, 9.17) is 5.73 Å². The zero-order valence-corrected chi connectivity index (χ0v) is 9.71. The van der Waals surface area contributed by atoms with E-state index in [2.05, 4.69) is 6.07 Å². The Balaban J connectivity index is 2.35. The second-order valence-electron chi connectivity index (χ2n) is 3.96. The number of carbonyl (C=O) groups is 1. The Morgan fingerprint density at radius 2 is 1.56 bits per heavy atom. The molecule has 88 valence electrons. The van der Waals surface area contributed by atoms with E-state index in [1.165, 1.54) is 0 Å². The monoisotopic (exact) mass is 236 g/mol. The van der Waals surface area contributed by atoms with Crippen molar-refractivity contribution in [2.75, 3.05) is 0 Å². The molecule has 2 aromatic rings. The van der Waals surface area contributed by atoms with Crippen molar-refractivity contribution in [1.82, 2.24) is 0 Å². The van der Waals surface area contributed by atoms with Gasteiger partial charge in [0, 0.05) is 5.56 Å². The van der Waals surface area contributed by atoms with Crippen LogP contribution < -0.4 is 5.73 Å². The number of nitriles is 1. The van der Waals surface area contributed by atoms with Crippen LogP contribution in [0.3, 0.4) is 0 Å². The number of nitrogens with zero attached hydrogens (tertiary/aromatic N) is 1. The van der Waals surface area contributed by atoms with E-state index < -0.39 is 5.91 Å². The molecule has 1 amide bonds. The Bertz CT molecular complexity index is 582. The van der Waals surface area contributed by atoms with Gasteiger partial charge in [0.15, 0.2) is 0 Å². The van der Waals surface area contributed by atoms with Crippen LogP contribution in [0.15, 0.2) is 54.6 Å². The summed E-state index contributed by atoms with van der Waals surface area (Å²) in [5.41, 5.74) is 7.42. The molecule has 0 aliphatic carbocycles. The molecule has 1 atom stereocenters. The average Bonchev–Trinajstić information content (AvgIpc) is 2.41. The molecule has 2 N–H and O–H groups in total. The third-order valence-electron chi connectivity index (χ3n) is 2.79. The van der Waals surface area contributed by atoms with E-state index in [0.717, 1.165) is 11.1 Å². The SMILES string of the molecule is N#CC(c1ccccc1)c1ccc(C(N)=O)cc1. The maximum atomic E-state index is 11.0. The van der Waals surface area contributed by atoms with Gasteiger partial charge in [0.25, 0.3) is 0 Å². The van der Waals surface area contributed by atoms with Crippen LogP contribution in [-0.4, -0.2) is 5.91 Å². The predicted octanol–water partition coefficient (Wildman–Crippen LogP) is 2.44. The minimum atomic E-state index is -0.463. The van der Waals surface area contributed by atoms with Crippen LogP contribution in [0.5, 0.6) is 0 Å². The molecule has 3 nitrogen and oxygen atoms in total. The van der Waals surface area contributed by atoms with Crippen LogP contribution in [0.25, 0.3) is 0 Å². The van der Waals surface area contributed by atoms with Crippen LogP contribution >= 0.6 is 0 Å². The van der Waals surface area contributed by atoms with Gasteiger partial charge in [-0.25, -0.2) is 0 Å². The molecule has 0 aliphatic heterocycles. The molecule has 0 heterocycles. The first-order chi connectivity index (χ1) is 8.72. The second-order valence-corrected chi connectivity index (χ2v) is 3.96. The van der Waals surface area contributed by atoms with Gasteiger partial charge in [-0.3, -0.25) is 4.79 Å². The first-order valence-corrected chi connectivity index (χ1v) is 5.56. The number of rotatable bonds is 3. The maximum Gasteiger partial charge on any atom is 0.248 e. The zero-order valence-electron chi connectivity index (χ0n) is 9.71. The molecule has 18 heavy (non-hydrogen) atoms. The number of carbonyl (C=O) groups excluding carboxylic acids is 1. The highest BCUT2D eigenvalue weighted by Crippen LogP contribution is 2.23. The van der Waals surface area contributed by atoms with Gasteiger partial charge >= 0.3 is 0 Å². The van der Waals surface area contributed by atoms with Crippen LogP contribution in [0.4, 0.5) is 0 Å². The summed E-state index contributed by atoms with van der Waals surface area (Å²) in [5, 5.41) is 9.27. The number of hydrogen-bond acceptors (Lipinski definition) is 2. The van der Waals surface area contributed by atoms with Gasteiger partial charge < -0.3 is 5.73 Å². The average molecular weight is 236 g/mol. The van der Waals surface area contributed by atoms with Crippen molar-refractivity contribution in [2.45, 2.75) is 5.92 Å². The molecule has 0 saturated heterocycles. The van der Waals surface area contributed by atoms with Crippen molar-refractivity contribution in [2.24, 2.45) is 5.73 Å². The number of benzene rings is 2. The molecule has 1 unspecified atom stereocenters. The van der Waals surface area contributed by atoms with Gasteiger partial charge in [-0.1, -0.05) is 42.5 Å². The highest BCUT2D eigenvalue weighted by molar-refractivity contribution is 5.92. The minimum Gasteiger partial charge on any atom is -0.366 e. The summed E-state index contributed by atoms with van der Waals surface area (Å²) < 4.78 is 0. The minimum absolute atomic E-state index is 0.326. The lowest BCUT2D eigenvalue weighted by molar-refractivity contribution is 0.100. The highest BCUT2D eigenvalue weighted by atomic mass is 16.1. The summed E-state index contributed by atoms with van der Waals surface area (Å²) in [7, 11) is 0. The third kappa shape index (κ3) is 2.38. The largest absolute Gasteiger partial charge is 0.366 e. The Labute approximate surface area is 105 Å². The molecule has 0 fully saturated rings. The Hall–Kier alpha value is -2.60. The molecule has 0 aliphatic rings. The molecule has 0 saturated carbocycles. The fourth-order valence-corrected chi connectivity index (χ4v) is 1.83. The lowest BCUT2D eigenvalue weighted by Gasteiger charge is -2.10. The van der Waals surface area contributed by atoms with Crippen LogP contribution in [0.2, 0.25) is 0 Å². The van der Waals surface area contributed by atoms with Gasteiger partial charge in [-0.2, -0.15) is 5.26 Å². The summed E-state index contributed by atoms with van der Waals surface area (Å²) in [4.78, 5) is 11.0.